The van der Waals surface area contributed by atoms with Crippen LogP contribution in [0.2, 0.25) is 0 Å². The molecule has 0 bridgehead atoms. The standard InChI is InChI=1S/C14H20N2O3/c1-4-15-12(17)10-19-16-13(18)14(2,3)11-8-6-5-7-9-11/h5-9H,4,10H2,1-3H3,(H,15,17)(H,16,18). The summed E-state index contributed by atoms with van der Waals surface area (Å²) in [6.45, 7) is 5.76. The van der Waals surface area contributed by atoms with E-state index in [-0.39, 0.29) is 18.4 Å². The third-order valence-electron chi connectivity index (χ3n) is 2.81. The van der Waals surface area contributed by atoms with Gasteiger partial charge in [-0.2, -0.15) is 0 Å². The van der Waals surface area contributed by atoms with E-state index in [0.717, 1.165) is 5.56 Å². The number of nitrogens with one attached hydrogen (secondary N) is 2. The van der Waals surface area contributed by atoms with Gasteiger partial charge in [-0.25, -0.2) is 5.48 Å². The topological polar surface area (TPSA) is 67.4 Å². The van der Waals surface area contributed by atoms with E-state index < -0.39 is 5.41 Å². The molecule has 0 unspecified atom stereocenters. The maximum Gasteiger partial charge on any atom is 0.253 e. The molecule has 0 radical (unpaired) electrons. The molecule has 0 aromatic heterocycles. The number of likely N-dealkylation sites (N-methyl/N-ethyl adjacent to an activating group) is 1. The Bertz CT molecular complexity index is 430. The highest BCUT2D eigenvalue weighted by Gasteiger charge is 2.29. The smallest absolute Gasteiger partial charge is 0.253 e. The molecule has 0 atom stereocenters. The molecule has 1 rings (SSSR count). The third kappa shape index (κ3) is 4.37. The number of hydrogen-bond acceptors (Lipinski definition) is 3. The Morgan fingerprint density at radius 1 is 1.21 bits per heavy atom. The lowest BCUT2D eigenvalue weighted by Gasteiger charge is -2.23. The van der Waals surface area contributed by atoms with Gasteiger partial charge in [0.25, 0.3) is 5.91 Å². The van der Waals surface area contributed by atoms with E-state index in [1.54, 1.807) is 13.8 Å². The van der Waals surface area contributed by atoms with Gasteiger partial charge in [0.15, 0.2) is 6.61 Å². The summed E-state index contributed by atoms with van der Waals surface area (Å²) in [4.78, 5) is 28.1. The number of hydrogen-bond donors (Lipinski definition) is 2. The van der Waals surface area contributed by atoms with Crippen molar-refractivity contribution < 1.29 is 14.4 Å². The zero-order chi connectivity index (χ0) is 14.3. The zero-order valence-corrected chi connectivity index (χ0v) is 11.5. The van der Waals surface area contributed by atoms with Crippen molar-refractivity contribution in [2.45, 2.75) is 26.2 Å². The predicted octanol–water partition coefficient (Wildman–Crippen LogP) is 1.15. The number of benzene rings is 1. The summed E-state index contributed by atoms with van der Waals surface area (Å²) in [5.74, 6) is -0.552. The maximum atomic E-state index is 12.0. The molecule has 2 N–H and O–H groups in total. The number of rotatable bonds is 6. The van der Waals surface area contributed by atoms with Crippen LogP contribution in [0.25, 0.3) is 0 Å². The average molecular weight is 264 g/mol. The van der Waals surface area contributed by atoms with Crippen molar-refractivity contribution in [3.63, 3.8) is 0 Å². The molecule has 1 aromatic rings. The van der Waals surface area contributed by atoms with Gasteiger partial charge in [0.05, 0.1) is 5.41 Å². The summed E-state index contributed by atoms with van der Waals surface area (Å²) < 4.78 is 0. The Morgan fingerprint density at radius 2 is 1.84 bits per heavy atom. The van der Waals surface area contributed by atoms with E-state index in [2.05, 4.69) is 10.8 Å². The molecule has 0 aliphatic heterocycles. The summed E-state index contributed by atoms with van der Waals surface area (Å²) >= 11 is 0. The van der Waals surface area contributed by atoms with Crippen LogP contribution in [0.4, 0.5) is 0 Å². The van der Waals surface area contributed by atoms with Crippen LogP contribution in [0.3, 0.4) is 0 Å². The molecule has 0 aliphatic rings. The second kappa shape index (κ2) is 6.89. The minimum atomic E-state index is -0.720. The molecule has 0 spiro atoms. The summed E-state index contributed by atoms with van der Waals surface area (Å²) in [6, 6.07) is 9.40. The Labute approximate surface area is 113 Å². The largest absolute Gasteiger partial charge is 0.354 e. The molecular weight excluding hydrogens is 244 g/mol. The summed E-state index contributed by atoms with van der Waals surface area (Å²) in [5, 5.41) is 2.57. The van der Waals surface area contributed by atoms with E-state index in [9.17, 15) is 9.59 Å². The number of hydroxylamine groups is 1. The van der Waals surface area contributed by atoms with Gasteiger partial charge in [-0.3, -0.25) is 14.4 Å². The van der Waals surface area contributed by atoms with E-state index in [0.29, 0.717) is 6.54 Å². The summed E-state index contributed by atoms with van der Waals surface area (Å²) in [6.07, 6.45) is 0. The second-order valence-electron chi connectivity index (χ2n) is 4.66. The fourth-order valence-electron chi connectivity index (χ4n) is 1.53. The Kier molecular flexibility index (Phi) is 5.51. The van der Waals surface area contributed by atoms with Crippen LogP contribution in [0.1, 0.15) is 26.3 Å². The fraction of sp³-hybridized carbons (Fsp3) is 0.429. The van der Waals surface area contributed by atoms with E-state index in [4.69, 9.17) is 4.84 Å². The molecular formula is C14H20N2O3. The maximum absolute atomic E-state index is 12.0. The molecule has 5 nitrogen and oxygen atoms in total. The first-order valence-electron chi connectivity index (χ1n) is 6.23. The van der Waals surface area contributed by atoms with Crippen molar-refractivity contribution in [2.24, 2.45) is 0 Å². The monoisotopic (exact) mass is 264 g/mol. The molecule has 0 fully saturated rings. The van der Waals surface area contributed by atoms with Crippen LogP contribution < -0.4 is 10.8 Å². The lowest BCUT2D eigenvalue weighted by Crippen LogP contribution is -2.41. The van der Waals surface area contributed by atoms with Gasteiger partial charge in [0.2, 0.25) is 5.91 Å². The average Bonchev–Trinajstić information content (AvgIpc) is 2.40. The normalized spacial score (nSPS) is 10.9. The fourth-order valence-corrected chi connectivity index (χ4v) is 1.53. The van der Waals surface area contributed by atoms with E-state index >= 15 is 0 Å². The van der Waals surface area contributed by atoms with Crippen molar-refractivity contribution in [3.8, 4) is 0 Å². The molecule has 0 aliphatic carbocycles. The summed E-state index contributed by atoms with van der Waals surface area (Å²) in [5.41, 5.74) is 2.47. The molecule has 1 aromatic carbocycles. The van der Waals surface area contributed by atoms with Gasteiger partial charge in [0, 0.05) is 6.54 Å². The van der Waals surface area contributed by atoms with Gasteiger partial charge in [0.1, 0.15) is 0 Å². The Balaban J connectivity index is 2.51. The number of amides is 2. The van der Waals surface area contributed by atoms with Crippen molar-refractivity contribution >= 4 is 11.8 Å². The summed E-state index contributed by atoms with van der Waals surface area (Å²) in [7, 11) is 0. The van der Waals surface area contributed by atoms with Gasteiger partial charge < -0.3 is 5.32 Å². The lowest BCUT2D eigenvalue weighted by atomic mass is 9.84. The first-order chi connectivity index (χ1) is 8.98. The molecule has 0 saturated carbocycles. The first kappa shape index (κ1) is 15.2. The molecule has 5 heteroatoms. The van der Waals surface area contributed by atoms with Crippen molar-refractivity contribution in [1.82, 2.24) is 10.8 Å². The minimum Gasteiger partial charge on any atom is -0.354 e. The number of carbonyl (C=O) groups is 2. The van der Waals surface area contributed by atoms with Crippen molar-refractivity contribution in [2.75, 3.05) is 13.2 Å². The Hall–Kier alpha value is -1.88. The van der Waals surface area contributed by atoms with Crippen LogP contribution in [0, 0.1) is 0 Å². The van der Waals surface area contributed by atoms with Crippen LogP contribution in [-0.2, 0) is 19.8 Å². The highest BCUT2D eigenvalue weighted by molar-refractivity contribution is 5.86. The van der Waals surface area contributed by atoms with E-state index in [1.807, 2.05) is 37.3 Å². The van der Waals surface area contributed by atoms with Crippen LogP contribution >= 0.6 is 0 Å². The SMILES string of the molecule is CCNC(=O)CONC(=O)C(C)(C)c1ccccc1. The molecule has 19 heavy (non-hydrogen) atoms. The van der Waals surface area contributed by atoms with Crippen molar-refractivity contribution in [3.05, 3.63) is 35.9 Å². The van der Waals surface area contributed by atoms with Crippen LogP contribution in [0.15, 0.2) is 30.3 Å². The second-order valence-corrected chi connectivity index (χ2v) is 4.66. The van der Waals surface area contributed by atoms with Gasteiger partial charge >= 0.3 is 0 Å². The number of carbonyl (C=O) groups excluding carboxylic acids is 2. The van der Waals surface area contributed by atoms with Crippen LogP contribution in [0.5, 0.6) is 0 Å². The molecule has 2 amide bonds. The van der Waals surface area contributed by atoms with Crippen molar-refractivity contribution in [1.29, 1.82) is 0 Å². The highest BCUT2D eigenvalue weighted by Crippen LogP contribution is 2.22. The van der Waals surface area contributed by atoms with Gasteiger partial charge in [-0.15, -0.1) is 0 Å². The molecule has 0 saturated heterocycles. The zero-order valence-electron chi connectivity index (χ0n) is 11.5. The highest BCUT2D eigenvalue weighted by atomic mass is 16.7. The lowest BCUT2D eigenvalue weighted by molar-refractivity contribution is -0.142. The predicted molar refractivity (Wildman–Crippen MR) is 72.2 cm³/mol. The van der Waals surface area contributed by atoms with Crippen LogP contribution in [-0.4, -0.2) is 25.0 Å². The quantitative estimate of drug-likeness (QED) is 0.757. The molecule has 104 valence electrons. The van der Waals surface area contributed by atoms with E-state index in [1.165, 1.54) is 0 Å². The minimum absolute atomic E-state index is 0.190. The first-order valence-corrected chi connectivity index (χ1v) is 6.23. The van der Waals surface area contributed by atoms with Gasteiger partial charge in [-0.1, -0.05) is 30.3 Å². The Morgan fingerprint density at radius 3 is 2.42 bits per heavy atom. The third-order valence-corrected chi connectivity index (χ3v) is 2.81. The molecule has 0 heterocycles. The van der Waals surface area contributed by atoms with Gasteiger partial charge in [-0.05, 0) is 26.3 Å².